The third-order valence-corrected chi connectivity index (χ3v) is 7.10. The van der Waals surface area contributed by atoms with E-state index in [-0.39, 0.29) is 12.6 Å². The van der Waals surface area contributed by atoms with Gasteiger partial charge in [-0.25, -0.2) is 9.78 Å². The monoisotopic (exact) mass is 450 g/mol. The van der Waals surface area contributed by atoms with Crippen molar-refractivity contribution in [2.24, 2.45) is 0 Å². The highest BCUT2D eigenvalue weighted by molar-refractivity contribution is 7.25. The summed E-state index contributed by atoms with van der Waals surface area (Å²) in [7, 11) is 1.62. The number of aliphatic hydroxyl groups excluding tert-OH is 1. The van der Waals surface area contributed by atoms with Crippen LogP contribution in [-0.2, 0) is 6.61 Å². The van der Waals surface area contributed by atoms with Crippen molar-refractivity contribution in [3.63, 3.8) is 0 Å². The number of carbonyl (C=O) groups excluding carboxylic acids is 1. The molecular weight excluding hydrogens is 432 g/mol. The molecule has 0 aliphatic heterocycles. The summed E-state index contributed by atoms with van der Waals surface area (Å²) in [6.07, 6.45) is 1.72. The number of aromatic nitrogens is 3. The average Bonchev–Trinajstić information content (AvgIpc) is 3.49. The number of fused-ring (bicyclic) bond motifs is 2. The van der Waals surface area contributed by atoms with Crippen LogP contribution >= 0.6 is 22.7 Å². The highest BCUT2D eigenvalue weighted by Crippen LogP contribution is 2.40. The number of hydrogen-bond donors (Lipinski definition) is 2. The highest BCUT2D eigenvalue weighted by Gasteiger charge is 2.15. The van der Waals surface area contributed by atoms with Crippen LogP contribution in [0.4, 0.5) is 4.79 Å². The minimum atomic E-state index is -0.172. The Morgan fingerprint density at radius 2 is 2.13 bits per heavy atom. The Labute approximate surface area is 185 Å². The molecule has 7 nitrogen and oxygen atoms in total. The number of aliphatic hydroxyl groups is 1. The second-order valence-corrected chi connectivity index (χ2v) is 8.85. The molecular formula is C22H18N4O3S2. The summed E-state index contributed by atoms with van der Waals surface area (Å²) >= 11 is 3.06. The molecule has 0 spiro atoms. The van der Waals surface area contributed by atoms with Gasteiger partial charge in [0.2, 0.25) is 0 Å². The van der Waals surface area contributed by atoms with Crippen LogP contribution < -0.4 is 10.1 Å². The molecule has 5 rings (SSSR count). The van der Waals surface area contributed by atoms with Gasteiger partial charge in [0.15, 0.2) is 0 Å². The van der Waals surface area contributed by atoms with Crippen LogP contribution in [0.3, 0.4) is 0 Å². The van der Waals surface area contributed by atoms with E-state index in [2.05, 4.69) is 15.3 Å². The second-order valence-electron chi connectivity index (χ2n) is 6.94. The number of aryl methyl sites for hydroxylation is 1. The molecule has 0 atom stereocenters. The number of nitrogens with one attached hydrogen (secondary N) is 1. The maximum Gasteiger partial charge on any atom is 0.325 e. The lowest BCUT2D eigenvalue weighted by Crippen LogP contribution is -2.25. The molecule has 1 amide bonds. The summed E-state index contributed by atoms with van der Waals surface area (Å²) in [4.78, 5) is 22.1. The Hall–Kier alpha value is -3.27. The van der Waals surface area contributed by atoms with Gasteiger partial charge in [-0.3, -0.25) is 9.55 Å². The molecule has 0 aliphatic rings. The van der Waals surface area contributed by atoms with Crippen molar-refractivity contribution in [3.8, 4) is 21.4 Å². The Balaban J connectivity index is 1.51. The molecule has 0 unspecified atom stereocenters. The number of amides is 1. The van der Waals surface area contributed by atoms with Crippen molar-refractivity contribution in [2.45, 2.75) is 13.5 Å². The van der Waals surface area contributed by atoms with Gasteiger partial charge >= 0.3 is 6.03 Å². The van der Waals surface area contributed by atoms with Crippen LogP contribution in [0.5, 0.6) is 11.5 Å². The van der Waals surface area contributed by atoms with E-state index in [1.54, 1.807) is 29.1 Å². The summed E-state index contributed by atoms with van der Waals surface area (Å²) in [5.74, 6) is 1.39. The van der Waals surface area contributed by atoms with Gasteiger partial charge in [-0.05, 0) is 37.3 Å². The van der Waals surface area contributed by atoms with Crippen molar-refractivity contribution in [3.05, 3.63) is 59.4 Å². The molecule has 0 saturated carbocycles. The van der Waals surface area contributed by atoms with Gasteiger partial charge in [0.25, 0.3) is 0 Å². The summed E-state index contributed by atoms with van der Waals surface area (Å²) in [5.41, 5.74) is 3.17. The van der Waals surface area contributed by atoms with Crippen molar-refractivity contribution in [2.75, 3.05) is 7.05 Å². The van der Waals surface area contributed by atoms with E-state index >= 15 is 0 Å². The fraction of sp³-hybridized carbons (Fsp3) is 0.136. The number of carbonyl (C=O) groups is 1. The topological polar surface area (TPSA) is 89.3 Å². The SMILES string of the molecule is CNC(=O)n1c(C)cc2cc(Oc3ccnc4cc(-c5nc(CO)cs5)sc34)ccc21. The van der Waals surface area contributed by atoms with Crippen molar-refractivity contribution in [1.29, 1.82) is 0 Å². The zero-order valence-electron chi connectivity index (χ0n) is 16.7. The predicted molar refractivity (Wildman–Crippen MR) is 123 cm³/mol. The van der Waals surface area contributed by atoms with Crippen LogP contribution in [0, 0.1) is 6.92 Å². The summed E-state index contributed by atoms with van der Waals surface area (Å²) in [5, 5.41) is 15.6. The first-order valence-corrected chi connectivity index (χ1v) is 11.2. The quantitative estimate of drug-likeness (QED) is 0.395. The Kier molecular flexibility index (Phi) is 4.93. The molecule has 31 heavy (non-hydrogen) atoms. The van der Waals surface area contributed by atoms with E-state index in [1.165, 1.54) is 11.3 Å². The van der Waals surface area contributed by atoms with Crippen LogP contribution in [0.15, 0.2) is 48.0 Å². The average molecular weight is 451 g/mol. The van der Waals surface area contributed by atoms with Crippen LogP contribution in [0.2, 0.25) is 0 Å². The number of ether oxygens (including phenoxy) is 1. The molecule has 156 valence electrons. The normalized spacial score (nSPS) is 11.3. The maximum absolute atomic E-state index is 12.2. The van der Waals surface area contributed by atoms with Gasteiger partial charge in [0.05, 0.1) is 32.9 Å². The number of thiazole rings is 1. The van der Waals surface area contributed by atoms with Gasteiger partial charge in [-0.15, -0.1) is 22.7 Å². The van der Waals surface area contributed by atoms with Gasteiger partial charge in [-0.1, -0.05) is 0 Å². The summed E-state index contributed by atoms with van der Waals surface area (Å²) in [6.45, 7) is 1.83. The third-order valence-electron chi connectivity index (χ3n) is 4.90. The lowest BCUT2D eigenvalue weighted by atomic mass is 10.2. The maximum atomic E-state index is 12.2. The zero-order chi connectivity index (χ0) is 21.5. The van der Waals surface area contributed by atoms with Crippen molar-refractivity contribution in [1.82, 2.24) is 19.9 Å². The molecule has 0 aliphatic carbocycles. The number of nitrogens with zero attached hydrogens (tertiary/aromatic N) is 3. The molecule has 9 heteroatoms. The molecule has 5 aromatic rings. The van der Waals surface area contributed by atoms with Crippen molar-refractivity contribution >= 4 is 49.8 Å². The first-order chi connectivity index (χ1) is 15.1. The van der Waals surface area contributed by atoms with Gasteiger partial charge in [0, 0.05) is 35.8 Å². The summed E-state index contributed by atoms with van der Waals surface area (Å²) in [6, 6.07) is 11.3. The van der Waals surface area contributed by atoms with Crippen LogP contribution in [0.1, 0.15) is 11.4 Å². The third kappa shape index (κ3) is 3.46. The fourth-order valence-electron chi connectivity index (χ4n) is 3.50. The molecule has 0 saturated heterocycles. The van der Waals surface area contributed by atoms with E-state index in [9.17, 15) is 9.90 Å². The van der Waals surface area contributed by atoms with Crippen molar-refractivity contribution < 1.29 is 14.6 Å². The minimum Gasteiger partial charge on any atom is -0.456 e. The van der Waals surface area contributed by atoms with E-state index in [4.69, 9.17) is 4.74 Å². The second kappa shape index (κ2) is 7.77. The Morgan fingerprint density at radius 3 is 2.90 bits per heavy atom. The first kappa shape index (κ1) is 19.7. The first-order valence-electron chi connectivity index (χ1n) is 9.53. The van der Waals surface area contributed by atoms with Crippen LogP contribution in [-0.4, -0.2) is 32.7 Å². The predicted octanol–water partition coefficient (Wildman–Crippen LogP) is 5.16. The summed E-state index contributed by atoms with van der Waals surface area (Å²) < 4.78 is 8.79. The number of rotatable bonds is 4. The highest BCUT2D eigenvalue weighted by atomic mass is 32.1. The standard InChI is InChI=1S/C22H18N4O3S2/c1-12-7-13-8-15(3-4-17(13)26(12)22(28)23-2)29-18-5-6-24-16-9-19(31-20(16)18)21-25-14(10-27)11-30-21/h3-9,11,27H,10H2,1-2H3,(H,23,28). The lowest BCUT2D eigenvalue weighted by molar-refractivity contribution is 0.245. The molecule has 1 aromatic carbocycles. The van der Waals surface area contributed by atoms with Gasteiger partial charge in [0.1, 0.15) is 16.5 Å². The lowest BCUT2D eigenvalue weighted by Gasteiger charge is -2.08. The number of pyridine rings is 1. The van der Waals surface area contributed by atoms with Gasteiger partial charge < -0.3 is 15.2 Å². The van der Waals surface area contributed by atoms with E-state index in [0.717, 1.165) is 36.7 Å². The number of benzene rings is 1. The number of hydrogen-bond acceptors (Lipinski definition) is 7. The molecule has 4 heterocycles. The molecule has 4 aromatic heterocycles. The van der Waals surface area contributed by atoms with E-state index in [0.29, 0.717) is 17.2 Å². The zero-order valence-corrected chi connectivity index (χ0v) is 18.4. The van der Waals surface area contributed by atoms with E-state index < -0.39 is 0 Å². The fourth-order valence-corrected chi connectivity index (χ4v) is 5.44. The largest absolute Gasteiger partial charge is 0.456 e. The molecule has 0 bridgehead atoms. The van der Waals surface area contributed by atoms with E-state index in [1.807, 2.05) is 48.7 Å². The van der Waals surface area contributed by atoms with Gasteiger partial charge in [-0.2, -0.15) is 0 Å². The number of thiophene rings is 1. The molecule has 0 radical (unpaired) electrons. The smallest absolute Gasteiger partial charge is 0.325 e. The Bertz CT molecular complexity index is 1430. The minimum absolute atomic E-state index is 0.0718. The van der Waals surface area contributed by atoms with Crippen LogP contribution in [0.25, 0.3) is 31.0 Å². The Morgan fingerprint density at radius 1 is 1.26 bits per heavy atom. The molecule has 2 N–H and O–H groups in total. The molecule has 0 fully saturated rings.